The van der Waals surface area contributed by atoms with Crippen molar-refractivity contribution in [2.24, 2.45) is 5.92 Å². The van der Waals surface area contributed by atoms with Gasteiger partial charge in [-0.3, -0.25) is 9.59 Å². The maximum atomic E-state index is 12.0. The van der Waals surface area contributed by atoms with Crippen molar-refractivity contribution in [3.63, 3.8) is 0 Å². The molecule has 1 atom stereocenters. The molecule has 5 nitrogen and oxygen atoms in total. The fourth-order valence-corrected chi connectivity index (χ4v) is 2.97. The van der Waals surface area contributed by atoms with Crippen LogP contribution < -0.4 is 15.4 Å². The van der Waals surface area contributed by atoms with Crippen molar-refractivity contribution in [2.45, 2.75) is 6.42 Å². The first kappa shape index (κ1) is 17.3. The Morgan fingerprint density at radius 3 is 2.68 bits per heavy atom. The highest BCUT2D eigenvalue weighted by molar-refractivity contribution is 6.33. The van der Waals surface area contributed by atoms with Crippen molar-refractivity contribution in [2.75, 3.05) is 19.7 Å². The van der Waals surface area contributed by atoms with E-state index in [1.807, 2.05) is 24.3 Å². The topological polar surface area (TPSA) is 67.4 Å². The molecule has 1 aliphatic rings. The van der Waals surface area contributed by atoms with Gasteiger partial charge in [0.1, 0.15) is 5.75 Å². The summed E-state index contributed by atoms with van der Waals surface area (Å²) in [4.78, 5) is 24.0. The molecule has 0 radical (unpaired) electrons. The van der Waals surface area contributed by atoms with Crippen LogP contribution in [0.5, 0.6) is 5.75 Å². The molecule has 1 unspecified atom stereocenters. The Kier molecular flexibility index (Phi) is 5.56. The number of para-hydroxylation sites is 1. The lowest BCUT2D eigenvalue weighted by atomic mass is 9.97. The minimum Gasteiger partial charge on any atom is -0.493 e. The molecule has 130 valence electrons. The number of hydrogen-bond acceptors (Lipinski definition) is 3. The molecule has 0 fully saturated rings. The molecule has 0 saturated carbocycles. The Bertz CT molecular complexity index is 779. The normalized spacial score (nSPS) is 15.6. The van der Waals surface area contributed by atoms with Gasteiger partial charge in [0.25, 0.3) is 5.91 Å². The summed E-state index contributed by atoms with van der Waals surface area (Å²) in [5.74, 6) is 0.533. The number of amides is 2. The number of hydrogen-bond donors (Lipinski definition) is 2. The van der Waals surface area contributed by atoms with Gasteiger partial charge in [-0.2, -0.15) is 0 Å². The van der Waals surface area contributed by atoms with Crippen LogP contribution in [0.1, 0.15) is 15.9 Å². The molecular weight excluding hydrogens is 340 g/mol. The summed E-state index contributed by atoms with van der Waals surface area (Å²) in [5, 5.41) is 5.77. The Morgan fingerprint density at radius 1 is 1.08 bits per heavy atom. The maximum Gasteiger partial charge on any atom is 0.253 e. The number of benzene rings is 2. The number of fused-ring (bicyclic) bond motifs is 1. The van der Waals surface area contributed by atoms with Crippen molar-refractivity contribution < 1.29 is 14.3 Å². The van der Waals surface area contributed by atoms with Gasteiger partial charge in [-0.1, -0.05) is 41.9 Å². The second kappa shape index (κ2) is 8.03. The molecule has 2 aromatic carbocycles. The first-order valence-corrected chi connectivity index (χ1v) is 8.51. The third-order valence-corrected chi connectivity index (χ3v) is 4.40. The molecule has 25 heavy (non-hydrogen) atoms. The van der Waals surface area contributed by atoms with Gasteiger partial charge in [0.2, 0.25) is 5.91 Å². The second-order valence-electron chi connectivity index (χ2n) is 5.96. The lowest BCUT2D eigenvalue weighted by Gasteiger charge is -2.25. The summed E-state index contributed by atoms with van der Waals surface area (Å²) < 4.78 is 5.70. The molecule has 0 aliphatic carbocycles. The quantitative estimate of drug-likeness (QED) is 0.862. The van der Waals surface area contributed by atoms with Gasteiger partial charge < -0.3 is 15.4 Å². The number of halogens is 1. The Labute approximate surface area is 151 Å². The van der Waals surface area contributed by atoms with Crippen LogP contribution in [0.25, 0.3) is 0 Å². The largest absolute Gasteiger partial charge is 0.493 e. The molecule has 0 saturated heterocycles. The van der Waals surface area contributed by atoms with E-state index in [2.05, 4.69) is 10.6 Å². The van der Waals surface area contributed by atoms with E-state index in [9.17, 15) is 9.59 Å². The van der Waals surface area contributed by atoms with Gasteiger partial charge in [-0.15, -0.1) is 0 Å². The van der Waals surface area contributed by atoms with Crippen LogP contribution in [0, 0.1) is 5.92 Å². The molecule has 2 aromatic rings. The van der Waals surface area contributed by atoms with Crippen molar-refractivity contribution in [1.82, 2.24) is 10.6 Å². The van der Waals surface area contributed by atoms with Gasteiger partial charge in [0.05, 0.1) is 23.7 Å². The fraction of sp³-hybridized carbons (Fsp3) is 0.263. The van der Waals surface area contributed by atoms with E-state index in [0.717, 1.165) is 17.7 Å². The van der Waals surface area contributed by atoms with E-state index in [4.69, 9.17) is 16.3 Å². The molecule has 6 heteroatoms. The van der Waals surface area contributed by atoms with E-state index in [1.165, 1.54) is 0 Å². The van der Waals surface area contributed by atoms with Crippen molar-refractivity contribution in [3.8, 4) is 5.75 Å². The van der Waals surface area contributed by atoms with Gasteiger partial charge in [0.15, 0.2) is 0 Å². The third-order valence-electron chi connectivity index (χ3n) is 4.07. The minimum atomic E-state index is -0.365. The number of nitrogens with one attached hydrogen (secondary N) is 2. The molecule has 2 N–H and O–H groups in total. The summed E-state index contributed by atoms with van der Waals surface area (Å²) in [7, 11) is 0. The molecule has 0 bridgehead atoms. The number of ether oxygens (including phenoxy) is 1. The van der Waals surface area contributed by atoms with Crippen molar-refractivity contribution >= 4 is 23.4 Å². The molecule has 0 spiro atoms. The summed E-state index contributed by atoms with van der Waals surface area (Å²) in [6.45, 7) is 0.993. The molecular formula is C19H19ClN2O3. The van der Waals surface area contributed by atoms with E-state index < -0.39 is 0 Å². The summed E-state index contributed by atoms with van der Waals surface area (Å²) in [5.41, 5.74) is 1.51. The van der Waals surface area contributed by atoms with Crippen LogP contribution in [0.2, 0.25) is 5.02 Å². The van der Waals surface area contributed by atoms with E-state index in [0.29, 0.717) is 23.7 Å². The SMILES string of the molecule is O=C(CNC(=O)c1ccccc1Cl)NCC1COc2ccccc2C1. The molecule has 2 amide bonds. The Balaban J connectivity index is 1.43. The zero-order chi connectivity index (χ0) is 17.6. The predicted octanol–water partition coefficient (Wildman–Crippen LogP) is 2.44. The van der Waals surface area contributed by atoms with Gasteiger partial charge in [0, 0.05) is 12.5 Å². The molecule has 1 heterocycles. The number of carbonyl (C=O) groups excluding carboxylic acids is 2. The highest BCUT2D eigenvalue weighted by Crippen LogP contribution is 2.26. The molecule has 0 aromatic heterocycles. The highest BCUT2D eigenvalue weighted by Gasteiger charge is 2.20. The van der Waals surface area contributed by atoms with Crippen LogP contribution in [-0.4, -0.2) is 31.5 Å². The second-order valence-corrected chi connectivity index (χ2v) is 6.36. The van der Waals surface area contributed by atoms with Gasteiger partial charge in [-0.25, -0.2) is 0 Å². The van der Waals surface area contributed by atoms with Gasteiger partial charge >= 0.3 is 0 Å². The first-order valence-electron chi connectivity index (χ1n) is 8.13. The molecule has 1 aliphatic heterocycles. The van der Waals surface area contributed by atoms with Crippen LogP contribution in [-0.2, 0) is 11.2 Å². The first-order chi connectivity index (χ1) is 12.1. The van der Waals surface area contributed by atoms with Crippen LogP contribution >= 0.6 is 11.6 Å². The third kappa shape index (κ3) is 4.51. The fourth-order valence-electron chi connectivity index (χ4n) is 2.74. The van der Waals surface area contributed by atoms with E-state index >= 15 is 0 Å². The van der Waals surface area contributed by atoms with Crippen molar-refractivity contribution in [3.05, 3.63) is 64.7 Å². The number of carbonyl (C=O) groups is 2. The van der Waals surface area contributed by atoms with E-state index in [1.54, 1.807) is 24.3 Å². The summed E-state index contributed by atoms with van der Waals surface area (Å²) in [6.07, 6.45) is 0.864. The number of rotatable bonds is 5. The summed E-state index contributed by atoms with van der Waals surface area (Å²) >= 11 is 5.96. The highest BCUT2D eigenvalue weighted by atomic mass is 35.5. The Morgan fingerprint density at radius 2 is 1.84 bits per heavy atom. The lowest BCUT2D eigenvalue weighted by molar-refractivity contribution is -0.120. The average Bonchev–Trinajstić information content (AvgIpc) is 2.64. The van der Waals surface area contributed by atoms with Gasteiger partial charge in [-0.05, 0) is 30.2 Å². The van der Waals surface area contributed by atoms with Crippen LogP contribution in [0.15, 0.2) is 48.5 Å². The summed E-state index contributed by atoms with van der Waals surface area (Å²) in [6, 6.07) is 14.6. The minimum absolute atomic E-state index is 0.0891. The maximum absolute atomic E-state index is 12.0. The Hall–Kier alpha value is -2.53. The van der Waals surface area contributed by atoms with Crippen molar-refractivity contribution in [1.29, 1.82) is 0 Å². The standard InChI is InChI=1S/C19H19ClN2O3/c20-16-7-3-2-6-15(16)19(24)22-11-18(23)21-10-13-9-14-5-1-4-8-17(14)25-12-13/h1-8,13H,9-12H2,(H,21,23)(H,22,24). The lowest BCUT2D eigenvalue weighted by Crippen LogP contribution is -2.40. The monoisotopic (exact) mass is 358 g/mol. The van der Waals surface area contributed by atoms with Crippen LogP contribution in [0.3, 0.4) is 0 Å². The predicted molar refractivity (Wildman–Crippen MR) is 95.9 cm³/mol. The van der Waals surface area contributed by atoms with E-state index in [-0.39, 0.29) is 24.3 Å². The molecule has 3 rings (SSSR count). The van der Waals surface area contributed by atoms with Crippen LogP contribution in [0.4, 0.5) is 0 Å². The smallest absolute Gasteiger partial charge is 0.253 e. The zero-order valence-corrected chi connectivity index (χ0v) is 14.4. The zero-order valence-electron chi connectivity index (χ0n) is 13.6. The average molecular weight is 359 g/mol.